The van der Waals surface area contributed by atoms with Gasteiger partial charge in [0.05, 0.1) is 12.0 Å². The molecule has 6 heteroatoms. The summed E-state index contributed by atoms with van der Waals surface area (Å²) < 4.78 is 37.7. The molecule has 0 fully saturated rings. The number of hydrogen-bond donors (Lipinski definition) is 1. The molecule has 1 N–H and O–H groups in total. The van der Waals surface area contributed by atoms with Crippen LogP contribution < -0.4 is 14.2 Å². The van der Waals surface area contributed by atoms with E-state index in [9.17, 15) is 8.42 Å². The highest BCUT2D eigenvalue weighted by Gasteiger charge is 2.14. The van der Waals surface area contributed by atoms with Gasteiger partial charge in [0.2, 0.25) is 10.0 Å². The largest absolute Gasteiger partial charge is 0.497 e. The number of fused-ring (bicyclic) bond motifs is 1. The van der Waals surface area contributed by atoms with Crippen molar-refractivity contribution in [3.63, 3.8) is 0 Å². The Hall–Kier alpha value is -2.05. The van der Waals surface area contributed by atoms with E-state index in [1.807, 2.05) is 6.07 Å². The van der Waals surface area contributed by atoms with E-state index >= 15 is 0 Å². The summed E-state index contributed by atoms with van der Waals surface area (Å²) in [6, 6.07) is 12.4. The molecule has 25 heavy (non-hydrogen) atoms. The highest BCUT2D eigenvalue weighted by Crippen LogP contribution is 2.25. The molecule has 3 rings (SSSR count). The Balaban J connectivity index is 1.52. The molecule has 0 radical (unpaired) electrons. The summed E-state index contributed by atoms with van der Waals surface area (Å²) in [4.78, 5) is 0.210. The predicted molar refractivity (Wildman–Crippen MR) is 96.8 cm³/mol. The number of benzene rings is 2. The van der Waals surface area contributed by atoms with E-state index in [1.54, 1.807) is 19.2 Å². The van der Waals surface area contributed by atoms with Crippen molar-refractivity contribution in [3.05, 3.63) is 53.6 Å². The molecule has 0 unspecified atom stereocenters. The van der Waals surface area contributed by atoms with Crippen LogP contribution in [0.4, 0.5) is 0 Å². The first-order chi connectivity index (χ1) is 12.1. The van der Waals surface area contributed by atoms with Crippen LogP contribution in [0.1, 0.15) is 24.0 Å². The maximum atomic E-state index is 12.2. The minimum atomic E-state index is -3.54. The van der Waals surface area contributed by atoms with Crippen LogP contribution in [-0.2, 0) is 22.9 Å². The molecule has 2 aromatic rings. The van der Waals surface area contributed by atoms with Gasteiger partial charge in [-0.1, -0.05) is 6.07 Å². The molecule has 0 spiro atoms. The van der Waals surface area contributed by atoms with Crippen molar-refractivity contribution in [2.24, 2.45) is 0 Å². The number of nitrogens with one attached hydrogen (secondary N) is 1. The lowest BCUT2D eigenvalue weighted by atomic mass is 9.92. The number of ether oxygens (including phenoxy) is 2. The van der Waals surface area contributed by atoms with E-state index in [0.717, 1.165) is 18.6 Å². The van der Waals surface area contributed by atoms with Gasteiger partial charge in [-0.2, -0.15) is 0 Å². The van der Waals surface area contributed by atoms with Gasteiger partial charge in [0.1, 0.15) is 18.1 Å². The van der Waals surface area contributed by atoms with Gasteiger partial charge in [-0.3, -0.25) is 0 Å². The second-order valence-corrected chi connectivity index (χ2v) is 7.83. The number of aryl methyl sites for hydroxylation is 2. The fourth-order valence-electron chi connectivity index (χ4n) is 2.98. The van der Waals surface area contributed by atoms with E-state index < -0.39 is 10.0 Å². The number of sulfonamides is 1. The molecule has 0 aromatic heterocycles. The summed E-state index contributed by atoms with van der Waals surface area (Å²) in [5.74, 6) is 1.42. The van der Waals surface area contributed by atoms with Gasteiger partial charge in [-0.05, 0) is 73.2 Å². The number of rotatable bonds is 7. The highest BCUT2D eigenvalue weighted by molar-refractivity contribution is 7.89. The summed E-state index contributed by atoms with van der Waals surface area (Å²) in [5, 5.41) is 0. The average Bonchev–Trinajstić information content (AvgIpc) is 2.65. The summed E-state index contributed by atoms with van der Waals surface area (Å²) in [6.45, 7) is 0.500. The van der Waals surface area contributed by atoms with Crippen molar-refractivity contribution in [3.8, 4) is 11.5 Å². The third-order valence-electron chi connectivity index (χ3n) is 4.35. The third-order valence-corrected chi connectivity index (χ3v) is 5.83. The Bertz CT molecular complexity index is 816. The van der Waals surface area contributed by atoms with Gasteiger partial charge in [-0.15, -0.1) is 0 Å². The maximum Gasteiger partial charge on any atom is 0.240 e. The van der Waals surface area contributed by atoms with Crippen LogP contribution in [0.2, 0.25) is 0 Å². The summed E-state index contributed by atoms with van der Waals surface area (Å²) in [5.41, 5.74) is 2.75. The van der Waals surface area contributed by atoms with Crippen LogP contribution in [0.25, 0.3) is 0 Å². The van der Waals surface area contributed by atoms with Gasteiger partial charge >= 0.3 is 0 Å². The lowest BCUT2D eigenvalue weighted by Gasteiger charge is -2.17. The molecule has 1 aliphatic carbocycles. The summed E-state index contributed by atoms with van der Waals surface area (Å²) in [7, 11) is -2.00. The van der Waals surface area contributed by atoms with Gasteiger partial charge in [-0.25, -0.2) is 13.1 Å². The molecule has 0 aliphatic heterocycles. The van der Waals surface area contributed by atoms with Gasteiger partial charge in [0.15, 0.2) is 0 Å². The molecule has 0 atom stereocenters. The summed E-state index contributed by atoms with van der Waals surface area (Å²) >= 11 is 0. The smallest absolute Gasteiger partial charge is 0.240 e. The first kappa shape index (κ1) is 17.8. The van der Waals surface area contributed by atoms with Crippen molar-refractivity contribution in [2.45, 2.75) is 30.6 Å². The molecule has 134 valence electrons. The van der Waals surface area contributed by atoms with E-state index in [0.29, 0.717) is 5.75 Å². The van der Waals surface area contributed by atoms with Crippen molar-refractivity contribution < 1.29 is 17.9 Å². The first-order valence-electron chi connectivity index (χ1n) is 8.47. The normalized spacial score (nSPS) is 14.0. The van der Waals surface area contributed by atoms with Crippen LogP contribution >= 0.6 is 0 Å². The quantitative estimate of drug-likeness (QED) is 0.770. The molecular weight excluding hydrogens is 338 g/mol. The minimum Gasteiger partial charge on any atom is -0.497 e. The van der Waals surface area contributed by atoms with E-state index in [1.165, 1.54) is 36.1 Å². The molecule has 2 aromatic carbocycles. The van der Waals surface area contributed by atoms with Crippen LogP contribution in [-0.4, -0.2) is 28.7 Å². The molecule has 0 bridgehead atoms. The van der Waals surface area contributed by atoms with E-state index in [4.69, 9.17) is 9.47 Å². The van der Waals surface area contributed by atoms with E-state index in [-0.39, 0.29) is 18.0 Å². The fourth-order valence-corrected chi connectivity index (χ4v) is 4.00. The molecule has 1 aliphatic rings. The van der Waals surface area contributed by atoms with Gasteiger partial charge < -0.3 is 9.47 Å². The van der Waals surface area contributed by atoms with Crippen molar-refractivity contribution >= 4 is 10.0 Å². The van der Waals surface area contributed by atoms with Crippen LogP contribution in [0.3, 0.4) is 0 Å². The second-order valence-electron chi connectivity index (χ2n) is 6.06. The van der Waals surface area contributed by atoms with E-state index in [2.05, 4.69) is 16.9 Å². The lowest BCUT2D eigenvalue weighted by Crippen LogP contribution is -2.28. The lowest BCUT2D eigenvalue weighted by molar-refractivity contribution is 0.322. The predicted octanol–water partition coefficient (Wildman–Crippen LogP) is 2.93. The number of methoxy groups -OCH3 is 1. The van der Waals surface area contributed by atoms with Crippen LogP contribution in [0.5, 0.6) is 11.5 Å². The Morgan fingerprint density at radius 2 is 1.64 bits per heavy atom. The van der Waals surface area contributed by atoms with Crippen LogP contribution in [0, 0.1) is 0 Å². The fraction of sp³-hybridized carbons (Fsp3) is 0.368. The standard InChI is InChI=1S/C19H23NO4S/c1-23-17-8-10-19(11-9-17)25(21,22)20-12-13-24-18-7-6-15-4-2-3-5-16(15)14-18/h6-11,14,20H,2-5,12-13H2,1H3. The first-order valence-corrected chi connectivity index (χ1v) is 9.95. The summed E-state index contributed by atoms with van der Waals surface area (Å²) in [6.07, 6.45) is 4.70. The molecule has 0 saturated heterocycles. The van der Waals surface area contributed by atoms with Gasteiger partial charge in [0.25, 0.3) is 0 Å². The third kappa shape index (κ3) is 4.52. The highest BCUT2D eigenvalue weighted by atomic mass is 32.2. The molecular formula is C19H23NO4S. The molecule has 0 heterocycles. The Morgan fingerprint density at radius 3 is 2.36 bits per heavy atom. The minimum absolute atomic E-state index is 0.210. The Labute approximate surface area is 149 Å². The topological polar surface area (TPSA) is 64.6 Å². The van der Waals surface area contributed by atoms with Crippen LogP contribution in [0.15, 0.2) is 47.4 Å². The van der Waals surface area contributed by atoms with Crippen molar-refractivity contribution in [1.29, 1.82) is 0 Å². The molecule has 0 saturated carbocycles. The van der Waals surface area contributed by atoms with Crippen molar-refractivity contribution in [1.82, 2.24) is 4.72 Å². The van der Waals surface area contributed by atoms with Gasteiger partial charge in [0, 0.05) is 6.54 Å². The molecule has 0 amide bonds. The number of hydrogen-bond acceptors (Lipinski definition) is 4. The van der Waals surface area contributed by atoms with Crippen molar-refractivity contribution in [2.75, 3.05) is 20.3 Å². The zero-order valence-corrected chi connectivity index (χ0v) is 15.1. The maximum absolute atomic E-state index is 12.2. The zero-order chi connectivity index (χ0) is 17.7. The SMILES string of the molecule is COc1ccc(S(=O)(=O)NCCOc2ccc3c(c2)CCCC3)cc1. The monoisotopic (exact) mass is 361 g/mol. The molecule has 5 nitrogen and oxygen atoms in total. The Morgan fingerprint density at radius 1 is 0.960 bits per heavy atom. The second kappa shape index (κ2) is 7.89. The Kier molecular flexibility index (Phi) is 5.60. The average molecular weight is 361 g/mol. The zero-order valence-electron chi connectivity index (χ0n) is 14.3.